The number of urea groups is 1. The minimum atomic E-state index is -0.184. The largest absolute Gasteiger partial charge is 0.369 e. The second kappa shape index (κ2) is 6.33. The van der Waals surface area contributed by atoms with Crippen molar-refractivity contribution in [3.8, 4) is 0 Å². The van der Waals surface area contributed by atoms with Crippen LogP contribution in [0.15, 0.2) is 29.8 Å². The third-order valence-corrected chi connectivity index (χ3v) is 4.69. The summed E-state index contributed by atoms with van der Waals surface area (Å²) in [6.07, 6.45) is 1.66. The van der Waals surface area contributed by atoms with Crippen molar-refractivity contribution in [1.82, 2.24) is 14.7 Å². The van der Waals surface area contributed by atoms with Gasteiger partial charge >= 0.3 is 6.03 Å². The van der Waals surface area contributed by atoms with E-state index in [1.165, 1.54) is 0 Å². The topological polar surface area (TPSA) is 59.4 Å². The molecule has 23 heavy (non-hydrogen) atoms. The van der Waals surface area contributed by atoms with E-state index < -0.39 is 0 Å². The van der Waals surface area contributed by atoms with Crippen molar-refractivity contribution >= 4 is 23.2 Å². The summed E-state index contributed by atoms with van der Waals surface area (Å²) < 4.78 is 7.61. The van der Waals surface area contributed by atoms with Crippen LogP contribution in [0, 0.1) is 0 Å². The van der Waals surface area contributed by atoms with Gasteiger partial charge in [-0.15, -0.1) is 11.3 Å². The smallest absolute Gasteiger partial charge is 0.323 e. The highest BCUT2D eigenvalue weighted by Gasteiger charge is 2.27. The molecule has 0 bridgehead atoms. The van der Waals surface area contributed by atoms with Crippen LogP contribution in [0.4, 0.5) is 10.6 Å². The van der Waals surface area contributed by atoms with E-state index in [2.05, 4.69) is 31.2 Å². The summed E-state index contributed by atoms with van der Waals surface area (Å²) in [7, 11) is 0. The van der Waals surface area contributed by atoms with Gasteiger partial charge in [0.25, 0.3) is 0 Å². The van der Waals surface area contributed by atoms with E-state index in [0.29, 0.717) is 25.5 Å². The Hall–Kier alpha value is -1.86. The maximum Gasteiger partial charge on any atom is 0.323 e. The molecule has 124 valence electrons. The first-order valence-corrected chi connectivity index (χ1v) is 8.58. The number of morpholine rings is 1. The number of aromatic nitrogens is 2. The fraction of sp³-hybridized carbons (Fsp3) is 0.500. The average Bonchev–Trinajstić information content (AvgIpc) is 3.18. The van der Waals surface area contributed by atoms with E-state index in [-0.39, 0.29) is 17.7 Å². The zero-order chi connectivity index (χ0) is 16.4. The number of nitrogens with zero attached hydrogens (tertiary/aromatic N) is 3. The second-order valence-corrected chi connectivity index (χ2v) is 7.53. The molecule has 0 aliphatic carbocycles. The first-order valence-electron chi connectivity index (χ1n) is 7.70. The van der Waals surface area contributed by atoms with Crippen LogP contribution in [0.1, 0.15) is 31.8 Å². The van der Waals surface area contributed by atoms with Crippen LogP contribution in [-0.4, -0.2) is 40.4 Å². The molecule has 2 amide bonds. The first kappa shape index (κ1) is 16.0. The molecule has 1 atom stereocenters. The molecule has 1 fully saturated rings. The van der Waals surface area contributed by atoms with Crippen molar-refractivity contribution in [2.24, 2.45) is 0 Å². The summed E-state index contributed by atoms with van der Waals surface area (Å²) in [5, 5.41) is 9.30. The molecule has 1 aliphatic heterocycles. The highest BCUT2D eigenvalue weighted by molar-refractivity contribution is 7.10. The van der Waals surface area contributed by atoms with E-state index >= 15 is 0 Å². The average molecular weight is 334 g/mol. The summed E-state index contributed by atoms with van der Waals surface area (Å²) in [6, 6.07) is 5.76. The van der Waals surface area contributed by atoms with Crippen LogP contribution in [-0.2, 0) is 10.3 Å². The van der Waals surface area contributed by atoms with Crippen molar-refractivity contribution < 1.29 is 9.53 Å². The van der Waals surface area contributed by atoms with Crippen molar-refractivity contribution in [1.29, 1.82) is 0 Å². The zero-order valence-corrected chi connectivity index (χ0v) is 14.5. The van der Waals surface area contributed by atoms with E-state index in [0.717, 1.165) is 4.88 Å². The summed E-state index contributed by atoms with van der Waals surface area (Å²) in [4.78, 5) is 15.5. The Morgan fingerprint density at radius 1 is 1.43 bits per heavy atom. The lowest BCUT2D eigenvalue weighted by atomic mass is 10.1. The number of carbonyl (C=O) groups is 1. The molecule has 0 unspecified atom stereocenters. The predicted octanol–water partition coefficient (Wildman–Crippen LogP) is 3.31. The monoisotopic (exact) mass is 334 g/mol. The number of hydrogen-bond donors (Lipinski definition) is 1. The minimum Gasteiger partial charge on any atom is -0.369 e. The summed E-state index contributed by atoms with van der Waals surface area (Å²) in [6.45, 7) is 7.87. The normalized spacial score (nSPS) is 18.9. The molecule has 0 aromatic carbocycles. The summed E-state index contributed by atoms with van der Waals surface area (Å²) in [5.74, 6) is 0.710. The van der Waals surface area contributed by atoms with E-state index in [4.69, 9.17) is 4.74 Å². The highest BCUT2D eigenvalue weighted by atomic mass is 32.1. The maximum atomic E-state index is 12.6. The minimum absolute atomic E-state index is 0.0398. The molecule has 2 aromatic rings. The standard InChI is InChI=1S/C16H22N4O2S/c1-16(2,3)20-14(6-7-17-20)18-15(21)19-8-9-22-12(11-19)13-5-4-10-23-13/h4-7,10,12H,8-9,11H2,1-3H3,(H,18,21)/t12-/m0/s1. The summed E-state index contributed by atoms with van der Waals surface area (Å²) >= 11 is 1.66. The molecule has 1 N–H and O–H groups in total. The van der Waals surface area contributed by atoms with Crippen molar-refractivity contribution in [3.63, 3.8) is 0 Å². The first-order chi connectivity index (χ1) is 10.9. The van der Waals surface area contributed by atoms with Gasteiger partial charge in [-0.3, -0.25) is 5.32 Å². The lowest BCUT2D eigenvalue weighted by Crippen LogP contribution is -2.44. The van der Waals surface area contributed by atoms with E-state index in [1.54, 1.807) is 22.4 Å². The molecule has 0 spiro atoms. The van der Waals surface area contributed by atoms with E-state index in [9.17, 15) is 4.79 Å². The zero-order valence-electron chi connectivity index (χ0n) is 13.7. The number of anilines is 1. The molecular formula is C16H22N4O2S. The molecule has 2 aromatic heterocycles. The number of ether oxygens (including phenoxy) is 1. The van der Waals surface area contributed by atoms with Crippen LogP contribution in [0.5, 0.6) is 0 Å². The SMILES string of the molecule is CC(C)(C)n1nccc1NC(=O)N1CCO[C@H](c2cccs2)C1. The molecule has 1 saturated heterocycles. The molecule has 0 radical (unpaired) electrons. The highest BCUT2D eigenvalue weighted by Crippen LogP contribution is 2.26. The van der Waals surface area contributed by atoms with E-state index in [1.807, 2.05) is 28.3 Å². The predicted molar refractivity (Wildman–Crippen MR) is 90.8 cm³/mol. The van der Waals surface area contributed by atoms with Gasteiger partial charge in [0.2, 0.25) is 0 Å². The third kappa shape index (κ3) is 3.56. The van der Waals surface area contributed by atoms with Gasteiger partial charge in [0.15, 0.2) is 0 Å². The third-order valence-electron chi connectivity index (χ3n) is 3.73. The van der Waals surface area contributed by atoms with Gasteiger partial charge in [-0.25, -0.2) is 9.48 Å². The van der Waals surface area contributed by atoms with Crippen LogP contribution in [0.2, 0.25) is 0 Å². The van der Waals surface area contributed by atoms with Crippen LogP contribution >= 0.6 is 11.3 Å². The number of amides is 2. The lowest BCUT2D eigenvalue weighted by Gasteiger charge is -2.33. The van der Waals surface area contributed by atoms with Gasteiger partial charge < -0.3 is 9.64 Å². The molecule has 0 saturated carbocycles. The fourth-order valence-corrected chi connectivity index (χ4v) is 3.37. The Bertz CT molecular complexity index is 660. The quantitative estimate of drug-likeness (QED) is 0.916. The number of rotatable bonds is 2. The molecular weight excluding hydrogens is 312 g/mol. The second-order valence-electron chi connectivity index (χ2n) is 6.55. The van der Waals surface area contributed by atoms with Gasteiger partial charge in [-0.2, -0.15) is 5.10 Å². The maximum absolute atomic E-state index is 12.6. The van der Waals surface area contributed by atoms with Crippen molar-refractivity contribution in [2.45, 2.75) is 32.4 Å². The lowest BCUT2D eigenvalue weighted by molar-refractivity contribution is -0.0116. The number of nitrogens with one attached hydrogen (secondary N) is 1. The molecule has 3 rings (SSSR count). The Balaban J connectivity index is 1.68. The van der Waals surface area contributed by atoms with Crippen molar-refractivity contribution in [2.75, 3.05) is 25.0 Å². The molecule has 1 aliphatic rings. The molecule has 6 nitrogen and oxygen atoms in total. The number of thiophene rings is 1. The Morgan fingerprint density at radius 2 is 2.26 bits per heavy atom. The van der Waals surface area contributed by atoms with Crippen molar-refractivity contribution in [3.05, 3.63) is 34.7 Å². The molecule has 7 heteroatoms. The Morgan fingerprint density at radius 3 is 2.96 bits per heavy atom. The van der Waals surface area contributed by atoms with Gasteiger partial charge in [0.1, 0.15) is 11.9 Å². The Labute approximate surface area is 140 Å². The van der Waals surface area contributed by atoms with Gasteiger partial charge in [0.05, 0.1) is 24.9 Å². The van der Waals surface area contributed by atoms with Gasteiger partial charge in [-0.1, -0.05) is 6.07 Å². The van der Waals surface area contributed by atoms with Crippen LogP contribution in [0.3, 0.4) is 0 Å². The summed E-state index contributed by atoms with van der Waals surface area (Å²) in [5.41, 5.74) is -0.184. The van der Waals surface area contributed by atoms with Gasteiger partial charge in [0, 0.05) is 17.5 Å². The van der Waals surface area contributed by atoms with Gasteiger partial charge in [-0.05, 0) is 32.2 Å². The van der Waals surface area contributed by atoms with Crippen LogP contribution in [0.25, 0.3) is 0 Å². The Kier molecular flexibility index (Phi) is 4.41. The number of hydrogen-bond acceptors (Lipinski definition) is 4. The molecule has 3 heterocycles. The fourth-order valence-electron chi connectivity index (χ4n) is 2.60. The number of carbonyl (C=O) groups excluding carboxylic acids is 1. The van der Waals surface area contributed by atoms with Crippen LogP contribution < -0.4 is 5.32 Å².